The van der Waals surface area contributed by atoms with Crippen molar-refractivity contribution in [2.24, 2.45) is 0 Å². The Morgan fingerprint density at radius 3 is 1.83 bits per heavy atom. The topological polar surface area (TPSA) is 69.7 Å². The first-order valence-corrected chi connectivity index (χ1v) is 16.1. The van der Waals surface area contributed by atoms with E-state index in [1.54, 1.807) is 0 Å². The van der Waals surface area contributed by atoms with E-state index in [9.17, 15) is 9.59 Å². The van der Waals surface area contributed by atoms with Crippen molar-refractivity contribution in [2.75, 3.05) is 14.2 Å². The van der Waals surface area contributed by atoms with Crippen LogP contribution in [0.1, 0.15) is 64.5 Å². The molecule has 0 aliphatic rings. The SMILES string of the molecule is CCCCCC(c1cc2c(ccc3ccccc32)c(C(=O)OC)c1C(=O)OC)P(=O)(c1ccccc1)c1ccccc1. The Kier molecular flexibility index (Phi) is 8.89. The van der Waals surface area contributed by atoms with Crippen LogP contribution >= 0.6 is 7.14 Å². The number of hydrogen-bond donors (Lipinski definition) is 0. The summed E-state index contributed by atoms with van der Waals surface area (Å²) in [4.78, 5) is 27.2. The average Bonchev–Trinajstić information content (AvgIpc) is 3.05. The molecule has 0 amide bonds. The van der Waals surface area contributed by atoms with Gasteiger partial charge in [0.15, 0.2) is 0 Å². The molecular formula is C36H35O5P. The van der Waals surface area contributed by atoms with Crippen LogP contribution in [0.3, 0.4) is 0 Å². The van der Waals surface area contributed by atoms with Crippen LogP contribution in [0.5, 0.6) is 0 Å². The van der Waals surface area contributed by atoms with Crippen LogP contribution in [0.15, 0.2) is 103 Å². The number of rotatable bonds is 10. The molecule has 5 aromatic carbocycles. The van der Waals surface area contributed by atoms with E-state index in [1.807, 2.05) is 103 Å². The molecule has 0 saturated carbocycles. The zero-order valence-corrected chi connectivity index (χ0v) is 25.1. The molecule has 1 unspecified atom stereocenters. The van der Waals surface area contributed by atoms with Crippen LogP contribution in [0.4, 0.5) is 0 Å². The first kappa shape index (κ1) is 29.3. The summed E-state index contributed by atoms with van der Waals surface area (Å²) in [5, 5.41) is 4.71. The van der Waals surface area contributed by atoms with Crippen molar-refractivity contribution in [1.82, 2.24) is 0 Å². The second kappa shape index (κ2) is 12.8. The molecule has 0 bridgehead atoms. The number of ether oxygens (including phenoxy) is 2. The standard InChI is InChI=1S/C36H35O5P/c1-4-5-8-21-32(42(39,26-16-9-6-10-17-26)27-18-11-7-12-19-27)31-24-30-28-20-14-13-15-25(28)22-23-29(30)33(35(37)40-2)34(31)36(38)41-3/h6-7,9-20,22-24,32H,4-5,8,21H2,1-3H3. The summed E-state index contributed by atoms with van der Waals surface area (Å²) in [7, 11) is -0.821. The Morgan fingerprint density at radius 1 is 0.667 bits per heavy atom. The molecule has 0 heterocycles. The summed E-state index contributed by atoms with van der Waals surface area (Å²) >= 11 is 0. The van der Waals surface area contributed by atoms with Gasteiger partial charge < -0.3 is 14.0 Å². The van der Waals surface area contributed by atoms with Gasteiger partial charge in [-0.2, -0.15) is 0 Å². The van der Waals surface area contributed by atoms with Crippen molar-refractivity contribution in [3.63, 3.8) is 0 Å². The summed E-state index contributed by atoms with van der Waals surface area (Å²) in [6.07, 6.45) is 3.27. The highest BCUT2D eigenvalue weighted by Crippen LogP contribution is 2.60. The van der Waals surface area contributed by atoms with E-state index in [1.165, 1.54) is 14.2 Å². The number of benzene rings is 5. The molecule has 42 heavy (non-hydrogen) atoms. The lowest BCUT2D eigenvalue weighted by Gasteiger charge is -2.31. The number of hydrogen-bond acceptors (Lipinski definition) is 5. The Morgan fingerprint density at radius 2 is 1.24 bits per heavy atom. The van der Waals surface area contributed by atoms with Crippen LogP contribution in [-0.2, 0) is 14.0 Å². The lowest BCUT2D eigenvalue weighted by molar-refractivity contribution is 0.0556. The highest BCUT2D eigenvalue weighted by Gasteiger charge is 2.41. The summed E-state index contributed by atoms with van der Waals surface area (Å²) in [6.45, 7) is 2.13. The molecule has 6 heteroatoms. The number of carbonyl (C=O) groups is 2. The average molecular weight is 579 g/mol. The van der Waals surface area contributed by atoms with Crippen molar-refractivity contribution >= 4 is 51.2 Å². The molecule has 1 atom stereocenters. The molecular weight excluding hydrogens is 543 g/mol. The van der Waals surface area contributed by atoms with E-state index >= 15 is 4.57 Å². The minimum Gasteiger partial charge on any atom is -0.465 e. The van der Waals surface area contributed by atoms with Gasteiger partial charge in [0.1, 0.15) is 7.14 Å². The van der Waals surface area contributed by atoms with Crippen LogP contribution in [0, 0.1) is 0 Å². The second-order valence-corrected chi connectivity index (χ2v) is 13.4. The van der Waals surface area contributed by atoms with E-state index in [0.29, 0.717) is 28.0 Å². The van der Waals surface area contributed by atoms with Crippen LogP contribution in [-0.4, -0.2) is 26.2 Å². The number of esters is 2. The predicted molar refractivity (Wildman–Crippen MR) is 171 cm³/mol. The highest BCUT2D eigenvalue weighted by molar-refractivity contribution is 7.79. The monoisotopic (exact) mass is 578 g/mol. The fourth-order valence-corrected chi connectivity index (χ4v) is 9.39. The van der Waals surface area contributed by atoms with Crippen LogP contribution < -0.4 is 10.6 Å². The third-order valence-corrected chi connectivity index (χ3v) is 11.6. The van der Waals surface area contributed by atoms with Crippen molar-refractivity contribution < 1.29 is 23.6 Å². The lowest BCUT2D eigenvalue weighted by atomic mass is 9.88. The summed E-state index contributed by atoms with van der Waals surface area (Å²) in [5.41, 5.74) is 0.185. The fourth-order valence-electron chi connectivity index (χ4n) is 6.00. The maximum atomic E-state index is 15.9. The zero-order chi connectivity index (χ0) is 29.7. The van der Waals surface area contributed by atoms with Gasteiger partial charge in [-0.05, 0) is 39.6 Å². The molecule has 5 aromatic rings. The minimum atomic E-state index is -3.43. The van der Waals surface area contributed by atoms with E-state index in [0.717, 1.165) is 35.4 Å². The van der Waals surface area contributed by atoms with E-state index in [-0.39, 0.29) is 11.1 Å². The Labute approximate surface area is 246 Å². The lowest BCUT2D eigenvalue weighted by Crippen LogP contribution is -2.24. The third-order valence-electron chi connectivity index (χ3n) is 8.02. The molecule has 0 N–H and O–H groups in total. The Hall–Kier alpha value is -4.21. The molecule has 0 aromatic heterocycles. The predicted octanol–water partition coefficient (Wildman–Crippen LogP) is 8.20. The van der Waals surface area contributed by atoms with E-state index in [2.05, 4.69) is 6.92 Å². The molecule has 0 aliphatic carbocycles. The normalized spacial score (nSPS) is 12.3. The van der Waals surface area contributed by atoms with E-state index in [4.69, 9.17) is 9.47 Å². The fraction of sp³-hybridized carbons (Fsp3) is 0.222. The van der Waals surface area contributed by atoms with Gasteiger partial charge in [-0.3, -0.25) is 0 Å². The molecule has 0 saturated heterocycles. The van der Waals surface area contributed by atoms with Crippen LogP contribution in [0.25, 0.3) is 21.5 Å². The summed E-state index contributed by atoms with van der Waals surface area (Å²) < 4.78 is 26.4. The zero-order valence-electron chi connectivity index (χ0n) is 24.2. The van der Waals surface area contributed by atoms with E-state index < -0.39 is 24.7 Å². The minimum absolute atomic E-state index is 0.112. The van der Waals surface area contributed by atoms with Gasteiger partial charge in [0, 0.05) is 16.3 Å². The summed E-state index contributed by atoms with van der Waals surface area (Å²) in [6, 6.07) is 32.6. The second-order valence-electron chi connectivity index (χ2n) is 10.4. The third kappa shape index (κ3) is 5.26. The van der Waals surface area contributed by atoms with Gasteiger partial charge in [-0.1, -0.05) is 123 Å². The number of methoxy groups -OCH3 is 2. The van der Waals surface area contributed by atoms with Crippen molar-refractivity contribution in [3.8, 4) is 0 Å². The first-order chi connectivity index (χ1) is 20.4. The number of fused-ring (bicyclic) bond motifs is 3. The maximum absolute atomic E-state index is 15.9. The van der Waals surface area contributed by atoms with Gasteiger partial charge in [0.05, 0.1) is 25.3 Å². The van der Waals surface area contributed by atoms with Crippen molar-refractivity contribution in [1.29, 1.82) is 0 Å². The molecule has 0 fully saturated rings. The first-order valence-electron chi connectivity index (χ1n) is 14.3. The van der Waals surface area contributed by atoms with Crippen molar-refractivity contribution in [3.05, 3.63) is 120 Å². The van der Waals surface area contributed by atoms with Gasteiger partial charge in [-0.15, -0.1) is 0 Å². The molecule has 214 valence electrons. The maximum Gasteiger partial charge on any atom is 0.339 e. The Bertz CT molecular complexity index is 1740. The Balaban J connectivity index is 1.96. The number of carbonyl (C=O) groups excluding carboxylic acids is 2. The molecule has 5 nitrogen and oxygen atoms in total. The largest absolute Gasteiger partial charge is 0.465 e. The molecule has 0 radical (unpaired) electrons. The van der Waals surface area contributed by atoms with Gasteiger partial charge >= 0.3 is 11.9 Å². The van der Waals surface area contributed by atoms with Gasteiger partial charge in [0.25, 0.3) is 0 Å². The van der Waals surface area contributed by atoms with Gasteiger partial charge in [-0.25, -0.2) is 9.59 Å². The molecule has 0 aliphatic heterocycles. The molecule has 0 spiro atoms. The molecule has 5 rings (SSSR count). The highest BCUT2D eigenvalue weighted by atomic mass is 31.2. The van der Waals surface area contributed by atoms with Gasteiger partial charge in [0.2, 0.25) is 0 Å². The summed E-state index contributed by atoms with van der Waals surface area (Å²) in [5.74, 6) is -1.30. The van der Waals surface area contributed by atoms with Crippen molar-refractivity contribution in [2.45, 2.75) is 38.3 Å². The smallest absolute Gasteiger partial charge is 0.339 e. The van der Waals surface area contributed by atoms with Crippen LogP contribution in [0.2, 0.25) is 0 Å². The number of unbranched alkanes of at least 4 members (excludes halogenated alkanes) is 2. The quantitative estimate of drug-likeness (QED) is 0.0723.